The number of rotatable bonds is 4. The van der Waals surface area contributed by atoms with Gasteiger partial charge in [-0.1, -0.05) is 17.7 Å². The van der Waals surface area contributed by atoms with Gasteiger partial charge in [-0.15, -0.1) is 0 Å². The number of nitrogens with one attached hydrogen (secondary N) is 1. The Bertz CT molecular complexity index is 575. The third-order valence-electron chi connectivity index (χ3n) is 3.48. The molecular weight excluding hydrogens is 258 g/mol. The lowest BCUT2D eigenvalue weighted by atomic mass is 9.97. The molecule has 0 aliphatic heterocycles. The molecule has 4 heteroatoms. The standard InChI is InChI=1S/C15H20ClN3/c1-10-5-6-12(16)8-14(10)15(17-3)9-13-7-11(2)18-19(13)4/h5-8,15,17H,9H2,1-4H3. The highest BCUT2D eigenvalue weighted by Crippen LogP contribution is 2.24. The van der Waals surface area contributed by atoms with E-state index in [1.807, 2.05) is 37.8 Å². The number of benzene rings is 1. The Morgan fingerprint density at radius 2 is 2.05 bits per heavy atom. The van der Waals surface area contributed by atoms with Crippen molar-refractivity contribution in [1.29, 1.82) is 0 Å². The molecule has 19 heavy (non-hydrogen) atoms. The van der Waals surface area contributed by atoms with Crippen molar-refractivity contribution in [1.82, 2.24) is 15.1 Å². The molecule has 0 radical (unpaired) electrons. The van der Waals surface area contributed by atoms with E-state index in [1.54, 1.807) is 0 Å². The van der Waals surface area contributed by atoms with Crippen LogP contribution in [0, 0.1) is 13.8 Å². The Hall–Kier alpha value is -1.32. The molecule has 0 saturated carbocycles. The van der Waals surface area contributed by atoms with Gasteiger partial charge in [0.1, 0.15) is 0 Å². The topological polar surface area (TPSA) is 29.9 Å². The van der Waals surface area contributed by atoms with Crippen molar-refractivity contribution in [2.45, 2.75) is 26.3 Å². The van der Waals surface area contributed by atoms with E-state index in [4.69, 9.17) is 11.6 Å². The van der Waals surface area contributed by atoms with E-state index >= 15 is 0 Å². The van der Waals surface area contributed by atoms with E-state index in [2.05, 4.69) is 29.5 Å². The minimum atomic E-state index is 0.244. The summed E-state index contributed by atoms with van der Waals surface area (Å²) in [6.07, 6.45) is 0.898. The van der Waals surface area contributed by atoms with E-state index in [-0.39, 0.29) is 6.04 Å². The third kappa shape index (κ3) is 3.17. The summed E-state index contributed by atoms with van der Waals surface area (Å²) >= 11 is 6.11. The van der Waals surface area contributed by atoms with Crippen molar-refractivity contribution in [2.75, 3.05) is 7.05 Å². The molecule has 0 bridgehead atoms. The maximum atomic E-state index is 6.11. The zero-order valence-corrected chi connectivity index (χ0v) is 12.6. The lowest BCUT2D eigenvalue weighted by Gasteiger charge is -2.19. The Balaban J connectivity index is 2.30. The van der Waals surface area contributed by atoms with Gasteiger partial charge >= 0.3 is 0 Å². The van der Waals surface area contributed by atoms with Gasteiger partial charge in [0.25, 0.3) is 0 Å². The molecule has 2 aromatic rings. The molecule has 1 aromatic heterocycles. The van der Waals surface area contributed by atoms with Gasteiger partial charge in [-0.3, -0.25) is 4.68 Å². The summed E-state index contributed by atoms with van der Waals surface area (Å²) in [5, 5.41) is 8.55. The quantitative estimate of drug-likeness (QED) is 0.930. The SMILES string of the molecule is CNC(Cc1cc(C)nn1C)c1cc(Cl)ccc1C. The van der Waals surface area contributed by atoms with Crippen molar-refractivity contribution in [2.24, 2.45) is 7.05 Å². The van der Waals surface area contributed by atoms with Crippen molar-refractivity contribution in [3.05, 3.63) is 51.8 Å². The first-order chi connectivity index (χ1) is 9.01. The van der Waals surface area contributed by atoms with E-state index < -0.39 is 0 Å². The second-order valence-corrected chi connectivity index (χ2v) is 5.38. The van der Waals surface area contributed by atoms with Crippen LogP contribution in [0.4, 0.5) is 0 Å². The average Bonchev–Trinajstić information content (AvgIpc) is 2.68. The van der Waals surface area contributed by atoms with E-state index in [1.165, 1.54) is 16.8 Å². The summed E-state index contributed by atoms with van der Waals surface area (Å²) in [4.78, 5) is 0. The Morgan fingerprint density at radius 1 is 1.32 bits per heavy atom. The predicted octanol–water partition coefficient (Wildman–Crippen LogP) is 3.19. The van der Waals surface area contributed by atoms with Crippen molar-refractivity contribution in [3.63, 3.8) is 0 Å². The smallest absolute Gasteiger partial charge is 0.0596 e. The molecule has 0 amide bonds. The largest absolute Gasteiger partial charge is 0.313 e. The second kappa shape index (κ2) is 5.76. The van der Waals surface area contributed by atoms with Crippen LogP contribution >= 0.6 is 11.6 Å². The monoisotopic (exact) mass is 277 g/mol. The second-order valence-electron chi connectivity index (χ2n) is 4.95. The van der Waals surface area contributed by atoms with Crippen LogP contribution < -0.4 is 5.32 Å². The van der Waals surface area contributed by atoms with Crippen molar-refractivity contribution < 1.29 is 0 Å². The van der Waals surface area contributed by atoms with Crippen LogP contribution in [-0.4, -0.2) is 16.8 Å². The summed E-state index contributed by atoms with van der Waals surface area (Å²) < 4.78 is 1.94. The molecule has 0 saturated heterocycles. The van der Waals surface area contributed by atoms with Gasteiger partial charge in [-0.2, -0.15) is 5.10 Å². The molecule has 2 rings (SSSR count). The summed E-state index contributed by atoms with van der Waals surface area (Å²) in [6, 6.07) is 8.41. The average molecular weight is 278 g/mol. The van der Waals surface area contributed by atoms with Gasteiger partial charge < -0.3 is 5.32 Å². The van der Waals surface area contributed by atoms with Gasteiger partial charge in [0.2, 0.25) is 0 Å². The fraction of sp³-hybridized carbons (Fsp3) is 0.400. The Morgan fingerprint density at radius 3 is 2.63 bits per heavy atom. The molecular formula is C15H20ClN3. The molecule has 0 aliphatic carbocycles. The molecule has 1 N–H and O–H groups in total. The minimum Gasteiger partial charge on any atom is -0.313 e. The molecule has 0 spiro atoms. The van der Waals surface area contributed by atoms with Gasteiger partial charge in [-0.25, -0.2) is 0 Å². The third-order valence-corrected chi connectivity index (χ3v) is 3.71. The van der Waals surface area contributed by atoms with Crippen molar-refractivity contribution >= 4 is 11.6 Å². The highest BCUT2D eigenvalue weighted by molar-refractivity contribution is 6.30. The Labute approximate surface area is 119 Å². The molecule has 102 valence electrons. The zero-order valence-electron chi connectivity index (χ0n) is 11.9. The van der Waals surface area contributed by atoms with Crippen LogP contribution in [0.5, 0.6) is 0 Å². The summed E-state index contributed by atoms with van der Waals surface area (Å²) in [7, 11) is 3.97. The lowest BCUT2D eigenvalue weighted by Crippen LogP contribution is -2.21. The first-order valence-corrected chi connectivity index (χ1v) is 6.82. The lowest BCUT2D eigenvalue weighted by molar-refractivity contribution is 0.559. The minimum absolute atomic E-state index is 0.244. The van der Waals surface area contributed by atoms with E-state index in [0.29, 0.717) is 0 Å². The van der Waals surface area contributed by atoms with Gasteiger partial charge in [0.05, 0.1) is 5.69 Å². The zero-order chi connectivity index (χ0) is 14.0. The number of hydrogen-bond donors (Lipinski definition) is 1. The molecule has 1 heterocycles. The molecule has 1 unspecified atom stereocenters. The van der Waals surface area contributed by atoms with Gasteiger partial charge in [-0.05, 0) is 50.2 Å². The first kappa shape index (κ1) is 14.1. The molecule has 0 fully saturated rings. The maximum Gasteiger partial charge on any atom is 0.0596 e. The normalized spacial score (nSPS) is 12.7. The van der Waals surface area contributed by atoms with Crippen LogP contribution in [0.2, 0.25) is 5.02 Å². The Kier molecular flexibility index (Phi) is 4.27. The number of halogens is 1. The van der Waals surface area contributed by atoms with Crippen LogP contribution in [0.1, 0.15) is 28.6 Å². The van der Waals surface area contributed by atoms with E-state index in [9.17, 15) is 0 Å². The first-order valence-electron chi connectivity index (χ1n) is 6.44. The van der Waals surface area contributed by atoms with Crippen LogP contribution in [-0.2, 0) is 13.5 Å². The molecule has 0 aliphatic rings. The number of likely N-dealkylation sites (N-methyl/N-ethyl adjacent to an activating group) is 1. The van der Waals surface area contributed by atoms with Gasteiger partial charge in [0.15, 0.2) is 0 Å². The summed E-state index contributed by atoms with van der Waals surface area (Å²) in [5.41, 5.74) is 4.77. The molecule has 3 nitrogen and oxygen atoms in total. The van der Waals surface area contributed by atoms with Crippen molar-refractivity contribution in [3.8, 4) is 0 Å². The summed E-state index contributed by atoms with van der Waals surface area (Å²) in [6.45, 7) is 4.13. The van der Waals surface area contributed by atoms with Crippen LogP contribution in [0.25, 0.3) is 0 Å². The number of aryl methyl sites for hydroxylation is 3. The molecule has 1 atom stereocenters. The molecule has 1 aromatic carbocycles. The fourth-order valence-electron chi connectivity index (χ4n) is 2.42. The maximum absolute atomic E-state index is 6.11. The predicted molar refractivity (Wildman–Crippen MR) is 79.6 cm³/mol. The van der Waals surface area contributed by atoms with E-state index in [0.717, 1.165) is 17.1 Å². The van der Waals surface area contributed by atoms with Crippen LogP contribution in [0.3, 0.4) is 0 Å². The van der Waals surface area contributed by atoms with Crippen LogP contribution in [0.15, 0.2) is 24.3 Å². The highest BCUT2D eigenvalue weighted by Gasteiger charge is 2.15. The van der Waals surface area contributed by atoms with Gasteiger partial charge in [0, 0.05) is 30.2 Å². The number of aromatic nitrogens is 2. The number of hydrogen-bond acceptors (Lipinski definition) is 2. The fourth-order valence-corrected chi connectivity index (χ4v) is 2.60. The summed E-state index contributed by atoms with van der Waals surface area (Å²) in [5.74, 6) is 0. The highest BCUT2D eigenvalue weighted by atomic mass is 35.5. The number of nitrogens with zero attached hydrogens (tertiary/aromatic N) is 2.